The third-order valence-electron chi connectivity index (χ3n) is 5.30. The number of rotatable bonds is 5. The molecule has 2 aliphatic carbocycles. The molecule has 1 aromatic heterocycles. The number of hydrogen-bond donors (Lipinski definition) is 2. The van der Waals surface area contributed by atoms with Gasteiger partial charge in [0, 0.05) is 13.5 Å². The second-order valence-electron chi connectivity index (χ2n) is 6.94. The summed E-state index contributed by atoms with van der Waals surface area (Å²) in [4.78, 5) is 29.0. The molecule has 3 unspecified atom stereocenters. The Kier molecular flexibility index (Phi) is 3.95. The van der Waals surface area contributed by atoms with Crippen LogP contribution < -0.4 is 10.2 Å². The number of carbonyl (C=O) groups is 2. The standard InChI is InChI=1S/C18H21N3O4/c1-10(23)19-7-13-8-21(18(24)25-13)12-2-3-17(20-6-12)11-4-14-15(5-11)16(14)9-22/h2-4,6,13-16,22H,5,7-9H2,1H3,(H,19,23)/t13-,14?,15?,16?/m0/s1. The van der Waals surface area contributed by atoms with E-state index in [4.69, 9.17) is 4.74 Å². The minimum atomic E-state index is -0.419. The fourth-order valence-electron chi connectivity index (χ4n) is 3.84. The van der Waals surface area contributed by atoms with Crippen LogP contribution in [0.1, 0.15) is 19.0 Å². The van der Waals surface area contributed by atoms with E-state index >= 15 is 0 Å². The number of aliphatic hydroxyl groups excluding tert-OH is 1. The van der Waals surface area contributed by atoms with Crippen molar-refractivity contribution in [1.82, 2.24) is 10.3 Å². The first kappa shape index (κ1) is 16.1. The Hall–Kier alpha value is -2.41. The lowest BCUT2D eigenvalue weighted by Gasteiger charge is -2.13. The van der Waals surface area contributed by atoms with Gasteiger partial charge in [-0.05, 0) is 41.9 Å². The van der Waals surface area contributed by atoms with Crippen molar-refractivity contribution in [2.24, 2.45) is 17.8 Å². The fraction of sp³-hybridized carbons (Fsp3) is 0.500. The van der Waals surface area contributed by atoms with Crippen LogP contribution in [-0.4, -0.2) is 47.9 Å². The molecule has 4 atom stereocenters. The molecule has 7 heteroatoms. The van der Waals surface area contributed by atoms with Crippen molar-refractivity contribution >= 4 is 23.3 Å². The lowest BCUT2D eigenvalue weighted by atomic mass is 10.1. The number of carbonyl (C=O) groups excluding carboxylic acids is 2. The van der Waals surface area contributed by atoms with Crippen molar-refractivity contribution in [3.8, 4) is 0 Å². The number of hydrogen-bond acceptors (Lipinski definition) is 5. The second-order valence-corrected chi connectivity index (χ2v) is 6.94. The van der Waals surface area contributed by atoms with E-state index in [0.717, 1.165) is 12.1 Å². The summed E-state index contributed by atoms with van der Waals surface area (Å²) < 4.78 is 5.26. The van der Waals surface area contributed by atoms with Gasteiger partial charge in [0.1, 0.15) is 6.10 Å². The van der Waals surface area contributed by atoms with E-state index in [2.05, 4.69) is 16.4 Å². The van der Waals surface area contributed by atoms with E-state index in [1.165, 1.54) is 17.4 Å². The number of fused-ring (bicyclic) bond motifs is 1. The van der Waals surface area contributed by atoms with Crippen LogP contribution in [0.2, 0.25) is 0 Å². The van der Waals surface area contributed by atoms with Gasteiger partial charge in [-0.2, -0.15) is 0 Å². The lowest BCUT2D eigenvalue weighted by Crippen LogP contribution is -2.33. The molecule has 1 saturated heterocycles. The third kappa shape index (κ3) is 3.00. The Balaban J connectivity index is 1.40. The number of nitrogens with zero attached hydrogens (tertiary/aromatic N) is 2. The maximum Gasteiger partial charge on any atom is 0.414 e. The quantitative estimate of drug-likeness (QED) is 0.838. The van der Waals surface area contributed by atoms with Crippen LogP contribution in [0.5, 0.6) is 0 Å². The molecule has 132 valence electrons. The van der Waals surface area contributed by atoms with Gasteiger partial charge in [0.05, 0.1) is 30.7 Å². The monoisotopic (exact) mass is 343 g/mol. The summed E-state index contributed by atoms with van der Waals surface area (Å²) in [6.45, 7) is 2.40. The highest BCUT2D eigenvalue weighted by molar-refractivity contribution is 5.89. The smallest absolute Gasteiger partial charge is 0.414 e. The van der Waals surface area contributed by atoms with Gasteiger partial charge in [-0.1, -0.05) is 6.08 Å². The van der Waals surface area contributed by atoms with Crippen molar-refractivity contribution in [2.45, 2.75) is 19.4 Å². The maximum absolute atomic E-state index is 12.0. The highest BCUT2D eigenvalue weighted by Gasteiger charge is 2.51. The van der Waals surface area contributed by atoms with Crippen molar-refractivity contribution < 1.29 is 19.4 Å². The number of cyclic esters (lactones) is 1. The number of amides is 2. The van der Waals surface area contributed by atoms with Gasteiger partial charge in [0.25, 0.3) is 0 Å². The minimum absolute atomic E-state index is 0.146. The first-order valence-corrected chi connectivity index (χ1v) is 8.57. The topological polar surface area (TPSA) is 91.8 Å². The van der Waals surface area contributed by atoms with Gasteiger partial charge in [-0.25, -0.2) is 4.79 Å². The molecule has 1 aromatic rings. The summed E-state index contributed by atoms with van der Waals surface area (Å²) in [5.74, 6) is 1.36. The first-order chi connectivity index (χ1) is 12.1. The molecule has 0 spiro atoms. The average Bonchev–Trinajstić information content (AvgIpc) is 2.94. The number of ether oxygens (including phenoxy) is 1. The Morgan fingerprint density at radius 2 is 2.32 bits per heavy atom. The molecule has 7 nitrogen and oxygen atoms in total. The van der Waals surface area contributed by atoms with Crippen LogP contribution in [0, 0.1) is 17.8 Å². The zero-order chi connectivity index (χ0) is 17.6. The summed E-state index contributed by atoms with van der Waals surface area (Å²) in [6, 6.07) is 3.80. The predicted molar refractivity (Wildman–Crippen MR) is 90.7 cm³/mol. The van der Waals surface area contributed by atoms with Gasteiger partial charge in [-0.15, -0.1) is 0 Å². The number of aromatic nitrogens is 1. The Morgan fingerprint density at radius 3 is 2.92 bits per heavy atom. The van der Waals surface area contributed by atoms with Crippen molar-refractivity contribution in [3.63, 3.8) is 0 Å². The molecule has 0 radical (unpaired) electrons. The molecule has 1 aliphatic heterocycles. The molecule has 0 aromatic carbocycles. The summed E-state index contributed by atoms with van der Waals surface area (Å²) >= 11 is 0. The number of anilines is 1. The van der Waals surface area contributed by atoms with Crippen LogP contribution in [-0.2, 0) is 9.53 Å². The number of nitrogens with one attached hydrogen (secondary N) is 1. The van der Waals surface area contributed by atoms with Crippen LogP contribution in [0.3, 0.4) is 0 Å². The zero-order valence-corrected chi connectivity index (χ0v) is 14.0. The largest absolute Gasteiger partial charge is 0.442 e. The van der Waals surface area contributed by atoms with Crippen LogP contribution in [0.15, 0.2) is 24.4 Å². The third-order valence-corrected chi connectivity index (χ3v) is 5.30. The summed E-state index contributed by atoms with van der Waals surface area (Å²) in [6.07, 6.45) is 4.10. The number of aliphatic hydroxyl groups is 1. The Bertz CT molecular complexity index is 730. The van der Waals surface area contributed by atoms with Crippen molar-refractivity contribution in [1.29, 1.82) is 0 Å². The average molecular weight is 343 g/mol. The van der Waals surface area contributed by atoms with Gasteiger partial charge < -0.3 is 15.2 Å². The summed E-state index contributed by atoms with van der Waals surface area (Å²) in [5.41, 5.74) is 2.84. The van der Waals surface area contributed by atoms with Gasteiger partial charge in [0.15, 0.2) is 0 Å². The SMILES string of the molecule is CC(=O)NC[C@H]1CN(c2ccc(C3=CC4C(CO)C4C3)nc2)C(=O)O1. The Labute approximate surface area is 145 Å². The minimum Gasteiger partial charge on any atom is -0.442 e. The fourth-order valence-corrected chi connectivity index (χ4v) is 3.84. The van der Waals surface area contributed by atoms with E-state index in [-0.39, 0.29) is 18.6 Å². The molecule has 3 aliphatic rings. The molecular formula is C18H21N3O4. The summed E-state index contributed by atoms with van der Waals surface area (Å²) in [7, 11) is 0. The molecular weight excluding hydrogens is 322 g/mol. The molecule has 2 heterocycles. The number of allylic oxidation sites excluding steroid dienone is 2. The van der Waals surface area contributed by atoms with Gasteiger partial charge >= 0.3 is 6.09 Å². The highest BCUT2D eigenvalue weighted by atomic mass is 16.6. The van der Waals surface area contributed by atoms with Gasteiger partial charge in [-0.3, -0.25) is 14.7 Å². The molecule has 1 saturated carbocycles. The van der Waals surface area contributed by atoms with Crippen molar-refractivity contribution in [3.05, 3.63) is 30.1 Å². The second kappa shape index (κ2) is 6.15. The van der Waals surface area contributed by atoms with Crippen LogP contribution in [0.4, 0.5) is 10.5 Å². The predicted octanol–water partition coefficient (Wildman–Crippen LogP) is 1.18. The molecule has 25 heavy (non-hydrogen) atoms. The Morgan fingerprint density at radius 1 is 1.48 bits per heavy atom. The van der Waals surface area contributed by atoms with Crippen LogP contribution in [0.25, 0.3) is 5.57 Å². The maximum atomic E-state index is 12.0. The lowest BCUT2D eigenvalue weighted by molar-refractivity contribution is -0.119. The normalized spacial score (nSPS) is 29.9. The number of pyridine rings is 1. The van der Waals surface area contributed by atoms with Crippen molar-refractivity contribution in [2.75, 3.05) is 24.6 Å². The van der Waals surface area contributed by atoms with Crippen LogP contribution >= 0.6 is 0 Å². The van der Waals surface area contributed by atoms with E-state index in [1.54, 1.807) is 6.20 Å². The summed E-state index contributed by atoms with van der Waals surface area (Å²) in [5, 5.41) is 11.9. The van der Waals surface area contributed by atoms with Gasteiger partial charge in [0.2, 0.25) is 5.91 Å². The zero-order valence-electron chi connectivity index (χ0n) is 14.0. The van der Waals surface area contributed by atoms with E-state index in [0.29, 0.717) is 36.5 Å². The molecule has 2 fully saturated rings. The highest BCUT2D eigenvalue weighted by Crippen LogP contribution is 2.57. The molecule has 2 N–H and O–H groups in total. The van der Waals surface area contributed by atoms with E-state index < -0.39 is 6.09 Å². The van der Waals surface area contributed by atoms with E-state index in [9.17, 15) is 14.7 Å². The van der Waals surface area contributed by atoms with E-state index in [1.807, 2.05) is 12.1 Å². The molecule has 0 bridgehead atoms. The first-order valence-electron chi connectivity index (χ1n) is 8.57. The molecule has 2 amide bonds. The molecule has 4 rings (SSSR count).